The summed E-state index contributed by atoms with van der Waals surface area (Å²) < 4.78 is 0. The van der Waals surface area contributed by atoms with Crippen LogP contribution in [0.5, 0.6) is 0 Å². The lowest BCUT2D eigenvalue weighted by atomic mass is 10.2. The summed E-state index contributed by atoms with van der Waals surface area (Å²) in [4.78, 5) is 5.49. The molecule has 1 atom stereocenters. The fourth-order valence-corrected chi connectivity index (χ4v) is 2.11. The molecule has 74 valence electrons. The van der Waals surface area contributed by atoms with Gasteiger partial charge in [0.2, 0.25) is 6.35 Å². The van der Waals surface area contributed by atoms with Gasteiger partial charge in [-0.3, -0.25) is 0 Å². The molecular weight excluding hydrogens is 220 g/mol. The van der Waals surface area contributed by atoms with Crippen LogP contribution in [0.2, 0.25) is 0 Å². The van der Waals surface area contributed by atoms with Crippen molar-refractivity contribution in [2.24, 2.45) is 4.99 Å². The first-order chi connectivity index (χ1) is 6.68. The lowest BCUT2D eigenvalue weighted by Gasteiger charge is -2.27. The number of nitrogens with zero attached hydrogens (tertiary/aromatic N) is 2. The Morgan fingerprint density at radius 2 is 2.43 bits per heavy atom. The van der Waals surface area contributed by atoms with E-state index in [1.807, 2.05) is 16.8 Å². The maximum absolute atomic E-state index is 9.53. The Morgan fingerprint density at radius 3 is 3.07 bits per heavy atom. The molecule has 3 nitrogen and oxygen atoms in total. The lowest BCUT2D eigenvalue weighted by Crippen LogP contribution is -2.31. The predicted molar refractivity (Wildman–Crippen MR) is 59.4 cm³/mol. The van der Waals surface area contributed by atoms with E-state index in [1.54, 1.807) is 29.4 Å². The first-order valence-corrected chi connectivity index (χ1v) is 5.39. The van der Waals surface area contributed by atoms with E-state index in [-0.39, 0.29) is 0 Å². The van der Waals surface area contributed by atoms with Crippen molar-refractivity contribution in [3.05, 3.63) is 28.5 Å². The molecule has 0 saturated heterocycles. The summed E-state index contributed by atoms with van der Waals surface area (Å²) in [5.41, 5.74) is 1.93. The van der Waals surface area contributed by atoms with E-state index in [0.717, 1.165) is 11.3 Å². The summed E-state index contributed by atoms with van der Waals surface area (Å²) >= 11 is 7.38. The van der Waals surface area contributed by atoms with Crippen LogP contribution in [0.1, 0.15) is 5.56 Å². The molecule has 1 aromatic heterocycles. The van der Waals surface area contributed by atoms with Crippen molar-refractivity contribution >= 4 is 33.8 Å². The molecule has 0 spiro atoms. The van der Waals surface area contributed by atoms with Crippen molar-refractivity contribution in [2.45, 2.75) is 6.35 Å². The minimum absolute atomic E-state index is 0.330. The lowest BCUT2D eigenvalue weighted by molar-refractivity contribution is 0.0702. The summed E-state index contributed by atoms with van der Waals surface area (Å²) in [6.45, 7) is 0. The zero-order valence-corrected chi connectivity index (χ0v) is 9.09. The number of halogens is 1. The second-order valence-corrected chi connectivity index (χ2v) is 4.12. The topological polar surface area (TPSA) is 35.8 Å². The summed E-state index contributed by atoms with van der Waals surface area (Å²) in [5.74, 6) is 0. The zero-order chi connectivity index (χ0) is 10.1. The van der Waals surface area contributed by atoms with Crippen LogP contribution in [0.4, 0.5) is 0 Å². The van der Waals surface area contributed by atoms with Crippen LogP contribution in [0.15, 0.2) is 27.9 Å². The van der Waals surface area contributed by atoms with Gasteiger partial charge >= 0.3 is 0 Å². The van der Waals surface area contributed by atoms with Gasteiger partial charge in [0.1, 0.15) is 5.17 Å². The molecule has 0 amide bonds. The second-order valence-electron chi connectivity index (χ2n) is 2.95. The van der Waals surface area contributed by atoms with Crippen LogP contribution in [0.25, 0.3) is 5.70 Å². The van der Waals surface area contributed by atoms with Crippen molar-refractivity contribution in [3.63, 3.8) is 0 Å². The number of hydrogen-bond donors (Lipinski definition) is 1. The second kappa shape index (κ2) is 3.73. The van der Waals surface area contributed by atoms with Crippen molar-refractivity contribution in [2.75, 3.05) is 7.05 Å². The molecule has 0 fully saturated rings. The van der Waals surface area contributed by atoms with E-state index >= 15 is 0 Å². The van der Waals surface area contributed by atoms with Crippen molar-refractivity contribution in [3.8, 4) is 0 Å². The third-order valence-electron chi connectivity index (χ3n) is 2.04. The molecule has 0 aliphatic carbocycles. The summed E-state index contributed by atoms with van der Waals surface area (Å²) in [6, 6.07) is 1.98. The van der Waals surface area contributed by atoms with E-state index in [9.17, 15) is 5.11 Å². The van der Waals surface area contributed by atoms with Gasteiger partial charge in [0, 0.05) is 18.0 Å². The average molecular weight is 229 g/mol. The highest BCUT2D eigenvalue weighted by Gasteiger charge is 2.19. The fourth-order valence-electron chi connectivity index (χ4n) is 1.27. The van der Waals surface area contributed by atoms with E-state index in [1.165, 1.54) is 0 Å². The van der Waals surface area contributed by atoms with Gasteiger partial charge in [-0.2, -0.15) is 11.3 Å². The van der Waals surface area contributed by atoms with E-state index in [0.29, 0.717) is 5.17 Å². The van der Waals surface area contributed by atoms with Gasteiger partial charge in [-0.05, 0) is 17.5 Å². The molecule has 5 heteroatoms. The highest BCUT2D eigenvalue weighted by atomic mass is 35.5. The van der Waals surface area contributed by atoms with Crippen LogP contribution in [0.3, 0.4) is 0 Å². The zero-order valence-electron chi connectivity index (χ0n) is 7.51. The first kappa shape index (κ1) is 9.71. The van der Waals surface area contributed by atoms with E-state index in [2.05, 4.69) is 4.99 Å². The van der Waals surface area contributed by atoms with E-state index < -0.39 is 6.35 Å². The number of rotatable bonds is 1. The SMILES string of the molecule is CN1C(c2ccsc2)=CC(Cl)=NC1O. The van der Waals surface area contributed by atoms with Crippen LogP contribution in [-0.2, 0) is 0 Å². The predicted octanol–water partition coefficient (Wildman–Crippen LogP) is 1.95. The van der Waals surface area contributed by atoms with Gasteiger partial charge in [-0.25, -0.2) is 4.99 Å². The summed E-state index contributed by atoms with van der Waals surface area (Å²) in [5, 5.41) is 13.9. The molecule has 2 rings (SSSR count). The number of aliphatic hydroxyl groups is 1. The molecule has 1 aromatic rings. The highest BCUT2D eigenvalue weighted by molar-refractivity contribution is 7.08. The van der Waals surface area contributed by atoms with Gasteiger partial charge in [0.15, 0.2) is 0 Å². The Kier molecular flexibility index (Phi) is 2.58. The molecule has 0 radical (unpaired) electrons. The average Bonchev–Trinajstić information content (AvgIpc) is 2.63. The molecule has 0 bridgehead atoms. The quantitative estimate of drug-likeness (QED) is 0.798. The molecule has 14 heavy (non-hydrogen) atoms. The molecule has 2 heterocycles. The van der Waals surface area contributed by atoms with Crippen LogP contribution < -0.4 is 0 Å². The molecule has 1 unspecified atom stereocenters. The van der Waals surface area contributed by atoms with Gasteiger partial charge in [0.25, 0.3) is 0 Å². The summed E-state index contributed by atoms with van der Waals surface area (Å²) in [6.07, 6.45) is 0.860. The Labute approximate surface area is 91.0 Å². The van der Waals surface area contributed by atoms with Crippen molar-refractivity contribution < 1.29 is 5.11 Å². The highest BCUT2D eigenvalue weighted by Crippen LogP contribution is 2.25. The molecule has 1 aliphatic heterocycles. The molecule has 1 aliphatic rings. The van der Waals surface area contributed by atoms with Gasteiger partial charge < -0.3 is 10.0 Å². The number of thiophene rings is 1. The Bertz CT molecular complexity index is 386. The standard InChI is InChI=1S/C9H9ClN2OS/c1-12-7(6-2-3-14-5-6)4-8(10)11-9(12)13/h2-5,9,13H,1H3. The number of hydrogen-bond acceptors (Lipinski definition) is 4. The smallest absolute Gasteiger partial charge is 0.226 e. The maximum atomic E-state index is 9.53. The van der Waals surface area contributed by atoms with Crippen molar-refractivity contribution in [1.29, 1.82) is 0 Å². The molecule has 1 N–H and O–H groups in total. The number of aliphatic hydroxyl groups excluding tert-OH is 1. The normalized spacial score (nSPS) is 21.9. The molecular formula is C9H9ClN2OS. The van der Waals surface area contributed by atoms with Crippen LogP contribution >= 0.6 is 22.9 Å². The maximum Gasteiger partial charge on any atom is 0.226 e. The first-order valence-electron chi connectivity index (χ1n) is 4.07. The monoisotopic (exact) mass is 228 g/mol. The Morgan fingerprint density at radius 1 is 1.64 bits per heavy atom. The largest absolute Gasteiger partial charge is 0.355 e. The molecule has 0 saturated carbocycles. The fraction of sp³-hybridized carbons (Fsp3) is 0.222. The molecule has 0 aromatic carbocycles. The number of aliphatic imine (C=N–C) groups is 1. The minimum Gasteiger partial charge on any atom is -0.355 e. The minimum atomic E-state index is -0.887. The van der Waals surface area contributed by atoms with Crippen LogP contribution in [0, 0.1) is 0 Å². The van der Waals surface area contributed by atoms with Gasteiger partial charge in [-0.1, -0.05) is 11.6 Å². The van der Waals surface area contributed by atoms with Gasteiger partial charge in [0.05, 0.1) is 5.70 Å². The summed E-state index contributed by atoms with van der Waals surface area (Å²) in [7, 11) is 1.78. The number of allylic oxidation sites excluding steroid dienone is 1. The Balaban J connectivity index is 2.39. The van der Waals surface area contributed by atoms with Crippen molar-refractivity contribution in [1.82, 2.24) is 4.90 Å². The van der Waals surface area contributed by atoms with Gasteiger partial charge in [-0.15, -0.1) is 0 Å². The Hall–Kier alpha value is -0.840. The third-order valence-corrected chi connectivity index (χ3v) is 2.93. The third kappa shape index (κ3) is 1.68. The van der Waals surface area contributed by atoms with Crippen LogP contribution in [-0.4, -0.2) is 28.6 Å². The van der Waals surface area contributed by atoms with E-state index in [4.69, 9.17) is 11.6 Å².